The minimum Gasteiger partial charge on any atom is -0.379 e. The van der Waals surface area contributed by atoms with E-state index in [0.29, 0.717) is 11.8 Å². The van der Waals surface area contributed by atoms with Crippen molar-refractivity contribution in [3.63, 3.8) is 0 Å². The number of ether oxygens (including phenoxy) is 1. The quantitative estimate of drug-likeness (QED) is 0.722. The lowest BCUT2D eigenvalue weighted by molar-refractivity contribution is -0.130. The molecule has 0 saturated carbocycles. The second-order valence-electron chi connectivity index (χ2n) is 4.81. The fourth-order valence-corrected chi connectivity index (χ4v) is 2.34. The fraction of sp³-hybridized carbons (Fsp3) is 0.818. The van der Waals surface area contributed by atoms with Gasteiger partial charge in [0.25, 0.3) is 5.91 Å². The molecule has 96 valence electrons. The van der Waals surface area contributed by atoms with Gasteiger partial charge in [0, 0.05) is 13.1 Å². The summed E-state index contributed by atoms with van der Waals surface area (Å²) in [6.45, 7) is 7.81. The Hall–Kier alpha value is -0.720. The molecule has 17 heavy (non-hydrogen) atoms. The highest BCUT2D eigenvalue weighted by atomic mass is 32.1. The smallest absolute Gasteiger partial charge is 0.252 e. The fourth-order valence-electron chi connectivity index (χ4n) is 2.07. The third-order valence-corrected chi connectivity index (χ3v) is 3.51. The summed E-state index contributed by atoms with van der Waals surface area (Å²) >= 11 is 5.22. The lowest BCUT2D eigenvalue weighted by Gasteiger charge is -2.30. The number of rotatable bonds is 3. The van der Waals surface area contributed by atoms with Gasteiger partial charge >= 0.3 is 0 Å². The van der Waals surface area contributed by atoms with Crippen molar-refractivity contribution in [2.75, 3.05) is 33.0 Å². The van der Waals surface area contributed by atoms with Gasteiger partial charge in [0.2, 0.25) is 0 Å². The maximum Gasteiger partial charge on any atom is 0.252 e. The van der Waals surface area contributed by atoms with Crippen molar-refractivity contribution in [1.29, 1.82) is 0 Å². The van der Waals surface area contributed by atoms with E-state index in [1.165, 1.54) is 0 Å². The third kappa shape index (κ3) is 2.75. The van der Waals surface area contributed by atoms with Gasteiger partial charge in [-0.15, -0.1) is 0 Å². The number of morpholine rings is 1. The number of nitrogens with zero attached hydrogens (tertiary/aromatic N) is 2. The molecule has 0 aromatic rings. The van der Waals surface area contributed by atoms with Crippen LogP contribution in [-0.2, 0) is 9.53 Å². The Labute approximate surface area is 107 Å². The molecule has 2 aliphatic rings. The molecule has 0 aliphatic carbocycles. The molecule has 0 radical (unpaired) electrons. The molecule has 2 fully saturated rings. The molecule has 1 unspecified atom stereocenters. The summed E-state index contributed by atoms with van der Waals surface area (Å²) in [5.74, 6) is 0.353. The first-order valence-corrected chi connectivity index (χ1v) is 6.42. The molecular weight excluding hydrogens is 238 g/mol. The Kier molecular flexibility index (Phi) is 3.96. The molecule has 1 atom stereocenters. The van der Waals surface area contributed by atoms with Crippen LogP contribution < -0.4 is 5.32 Å². The van der Waals surface area contributed by atoms with E-state index in [4.69, 9.17) is 17.0 Å². The van der Waals surface area contributed by atoms with Gasteiger partial charge in [-0.1, -0.05) is 13.8 Å². The van der Waals surface area contributed by atoms with E-state index in [1.807, 2.05) is 13.8 Å². The predicted octanol–water partition coefficient (Wildman–Crippen LogP) is 0.0174. The molecule has 6 heteroatoms. The summed E-state index contributed by atoms with van der Waals surface area (Å²) in [4.78, 5) is 16.0. The molecule has 1 N–H and O–H groups in total. The number of thiocarbonyl (C=S) groups is 1. The maximum absolute atomic E-state index is 12.1. The van der Waals surface area contributed by atoms with Crippen molar-refractivity contribution in [1.82, 2.24) is 15.1 Å². The van der Waals surface area contributed by atoms with Gasteiger partial charge in [-0.25, -0.2) is 0 Å². The lowest BCUT2D eigenvalue weighted by Crippen LogP contribution is -2.46. The molecule has 2 saturated heterocycles. The van der Waals surface area contributed by atoms with E-state index in [9.17, 15) is 4.79 Å². The predicted molar refractivity (Wildman–Crippen MR) is 68.5 cm³/mol. The molecular formula is C11H19N3O2S. The number of hydrogen-bond acceptors (Lipinski definition) is 4. The van der Waals surface area contributed by atoms with Crippen molar-refractivity contribution < 1.29 is 9.53 Å². The summed E-state index contributed by atoms with van der Waals surface area (Å²) in [5.41, 5.74) is 0. The highest BCUT2D eigenvalue weighted by Gasteiger charge is 2.37. The van der Waals surface area contributed by atoms with E-state index in [2.05, 4.69) is 10.2 Å². The Morgan fingerprint density at radius 2 is 2.12 bits per heavy atom. The number of nitrogens with one attached hydrogen (secondary N) is 1. The Morgan fingerprint density at radius 1 is 1.47 bits per heavy atom. The van der Waals surface area contributed by atoms with Gasteiger partial charge in [0.1, 0.15) is 6.04 Å². The first-order chi connectivity index (χ1) is 8.09. The Balaban J connectivity index is 1.96. The van der Waals surface area contributed by atoms with Crippen molar-refractivity contribution in [2.24, 2.45) is 5.92 Å². The van der Waals surface area contributed by atoms with E-state index < -0.39 is 0 Å². The van der Waals surface area contributed by atoms with Crippen LogP contribution in [0.15, 0.2) is 0 Å². The largest absolute Gasteiger partial charge is 0.379 e. The highest BCUT2D eigenvalue weighted by Crippen LogP contribution is 2.14. The minimum absolute atomic E-state index is 0.0940. The van der Waals surface area contributed by atoms with Gasteiger partial charge < -0.3 is 10.1 Å². The summed E-state index contributed by atoms with van der Waals surface area (Å²) in [5, 5.41) is 3.65. The van der Waals surface area contributed by atoms with Crippen molar-refractivity contribution in [3.05, 3.63) is 0 Å². The SMILES string of the molecule is CC(C)C1NC(=S)N(CN2CCOCC2)C1=O. The first kappa shape index (κ1) is 12.7. The maximum atomic E-state index is 12.1. The van der Waals surface area contributed by atoms with Gasteiger partial charge in [-0.2, -0.15) is 0 Å². The summed E-state index contributed by atoms with van der Waals surface area (Å²) in [6.07, 6.45) is 0. The zero-order valence-corrected chi connectivity index (χ0v) is 11.1. The monoisotopic (exact) mass is 257 g/mol. The normalized spacial score (nSPS) is 26.8. The average Bonchev–Trinajstić information content (AvgIpc) is 2.58. The first-order valence-electron chi connectivity index (χ1n) is 6.01. The van der Waals surface area contributed by atoms with E-state index >= 15 is 0 Å². The number of carbonyl (C=O) groups is 1. The van der Waals surface area contributed by atoms with Crippen LogP contribution in [0.25, 0.3) is 0 Å². The molecule has 0 bridgehead atoms. The summed E-state index contributed by atoms with van der Waals surface area (Å²) in [6, 6.07) is -0.163. The Morgan fingerprint density at radius 3 is 2.65 bits per heavy atom. The van der Waals surface area contributed by atoms with Crippen molar-refractivity contribution >= 4 is 23.2 Å². The van der Waals surface area contributed by atoms with Gasteiger partial charge in [-0.3, -0.25) is 14.6 Å². The third-order valence-electron chi connectivity index (χ3n) is 3.17. The standard InChI is InChI=1S/C11H19N3O2S/c1-8(2)9-10(15)14(11(17)12-9)7-13-3-5-16-6-4-13/h8-9H,3-7H2,1-2H3,(H,12,17). The number of carbonyl (C=O) groups excluding carboxylic acids is 1. The van der Waals surface area contributed by atoms with Crippen molar-refractivity contribution in [2.45, 2.75) is 19.9 Å². The van der Waals surface area contributed by atoms with Crippen LogP contribution in [0.2, 0.25) is 0 Å². The molecule has 2 aliphatic heterocycles. The molecule has 0 aromatic heterocycles. The van der Waals surface area contributed by atoms with Gasteiger partial charge in [0.05, 0.1) is 19.9 Å². The molecule has 2 rings (SSSR count). The zero-order valence-electron chi connectivity index (χ0n) is 10.3. The summed E-state index contributed by atoms with van der Waals surface area (Å²) < 4.78 is 5.28. The zero-order chi connectivity index (χ0) is 12.4. The molecule has 0 aromatic carbocycles. The highest BCUT2D eigenvalue weighted by molar-refractivity contribution is 7.80. The van der Waals surface area contributed by atoms with E-state index in [-0.39, 0.29) is 17.9 Å². The molecule has 1 amide bonds. The average molecular weight is 257 g/mol. The van der Waals surface area contributed by atoms with Crippen LogP contribution in [0.5, 0.6) is 0 Å². The van der Waals surface area contributed by atoms with Crippen LogP contribution >= 0.6 is 12.2 Å². The van der Waals surface area contributed by atoms with E-state index in [1.54, 1.807) is 4.90 Å². The number of amides is 1. The minimum atomic E-state index is -0.163. The van der Waals surface area contributed by atoms with Gasteiger partial charge in [-0.05, 0) is 18.1 Å². The molecule has 2 heterocycles. The Bertz CT molecular complexity index is 316. The van der Waals surface area contributed by atoms with Crippen LogP contribution in [0, 0.1) is 5.92 Å². The number of hydrogen-bond donors (Lipinski definition) is 1. The van der Waals surface area contributed by atoms with Crippen molar-refractivity contribution in [3.8, 4) is 0 Å². The molecule has 0 spiro atoms. The lowest BCUT2D eigenvalue weighted by atomic mass is 10.1. The van der Waals surface area contributed by atoms with Crippen LogP contribution in [0.4, 0.5) is 0 Å². The second kappa shape index (κ2) is 5.29. The van der Waals surface area contributed by atoms with Gasteiger partial charge in [0.15, 0.2) is 5.11 Å². The van der Waals surface area contributed by atoms with Crippen LogP contribution in [0.3, 0.4) is 0 Å². The second-order valence-corrected chi connectivity index (χ2v) is 5.20. The van der Waals surface area contributed by atoms with E-state index in [0.717, 1.165) is 26.3 Å². The van der Waals surface area contributed by atoms with Crippen LogP contribution in [0.1, 0.15) is 13.8 Å². The van der Waals surface area contributed by atoms with Crippen LogP contribution in [-0.4, -0.2) is 59.8 Å². The topological polar surface area (TPSA) is 44.8 Å². The summed E-state index contributed by atoms with van der Waals surface area (Å²) in [7, 11) is 0. The molecule has 5 nitrogen and oxygen atoms in total.